The number of halogens is 3. The monoisotopic (exact) mass is 378 g/mol. The first-order valence-corrected chi connectivity index (χ1v) is 9.89. The van der Waals surface area contributed by atoms with Crippen LogP contribution in [0.3, 0.4) is 0 Å². The lowest BCUT2D eigenvalue weighted by Crippen LogP contribution is -2.39. The summed E-state index contributed by atoms with van der Waals surface area (Å²) in [4.78, 5) is 15.4. The summed E-state index contributed by atoms with van der Waals surface area (Å²) in [5.74, 6) is -1.46. The van der Waals surface area contributed by atoms with Gasteiger partial charge in [0.05, 0.1) is 5.56 Å². The first-order chi connectivity index (χ1) is 11.7. The van der Waals surface area contributed by atoms with Crippen LogP contribution in [0.15, 0.2) is 23.4 Å². The number of carbonyl (C=O) groups excluding carboxylic acids is 1. The van der Waals surface area contributed by atoms with Crippen molar-refractivity contribution in [3.8, 4) is 0 Å². The molecule has 1 N–H and O–H groups in total. The summed E-state index contributed by atoms with van der Waals surface area (Å²) in [7, 11) is -4.08. The SMILES string of the molecule is O=C(CS(=O)(=O)c1ccc(C(F)(F)F)cn1)NC1CCCCCCC1. The van der Waals surface area contributed by atoms with Gasteiger partial charge in [0.15, 0.2) is 5.03 Å². The Labute approximate surface area is 144 Å². The van der Waals surface area contributed by atoms with E-state index in [1.807, 2.05) is 0 Å². The fraction of sp³-hybridized carbons (Fsp3) is 0.625. The molecule has 140 valence electrons. The minimum Gasteiger partial charge on any atom is -0.352 e. The molecule has 0 aromatic carbocycles. The number of nitrogens with zero attached hydrogens (tertiary/aromatic N) is 1. The molecule has 0 bridgehead atoms. The van der Waals surface area contributed by atoms with Gasteiger partial charge < -0.3 is 5.32 Å². The second-order valence-corrected chi connectivity index (χ2v) is 8.19. The summed E-state index contributed by atoms with van der Waals surface area (Å²) < 4.78 is 61.8. The van der Waals surface area contributed by atoms with Gasteiger partial charge in [-0.3, -0.25) is 4.79 Å². The molecule has 1 amide bonds. The number of aromatic nitrogens is 1. The van der Waals surface area contributed by atoms with Gasteiger partial charge in [-0.2, -0.15) is 13.2 Å². The topological polar surface area (TPSA) is 76.1 Å². The number of hydrogen-bond acceptors (Lipinski definition) is 4. The van der Waals surface area contributed by atoms with Crippen molar-refractivity contribution in [1.82, 2.24) is 10.3 Å². The van der Waals surface area contributed by atoms with E-state index in [0.717, 1.165) is 44.6 Å². The predicted molar refractivity (Wildman–Crippen MR) is 85.5 cm³/mol. The second-order valence-electron chi connectivity index (χ2n) is 6.25. The van der Waals surface area contributed by atoms with E-state index in [1.165, 1.54) is 6.42 Å². The van der Waals surface area contributed by atoms with Crippen molar-refractivity contribution in [3.63, 3.8) is 0 Å². The van der Waals surface area contributed by atoms with Crippen molar-refractivity contribution < 1.29 is 26.4 Å². The van der Waals surface area contributed by atoms with Crippen LogP contribution < -0.4 is 5.32 Å². The molecule has 1 aliphatic carbocycles. The molecule has 0 spiro atoms. The zero-order valence-corrected chi connectivity index (χ0v) is 14.5. The Morgan fingerprint density at radius 1 is 1.12 bits per heavy atom. The van der Waals surface area contributed by atoms with Gasteiger partial charge in [-0.1, -0.05) is 32.1 Å². The van der Waals surface area contributed by atoms with Gasteiger partial charge in [0.1, 0.15) is 5.75 Å². The number of amides is 1. The standard InChI is InChI=1S/C16H21F3N2O3S/c17-16(18,19)12-8-9-15(20-10-12)25(23,24)11-14(22)21-13-6-4-2-1-3-5-7-13/h8-10,13H,1-7,11H2,(H,21,22). The molecule has 1 aromatic rings. The molecule has 25 heavy (non-hydrogen) atoms. The summed E-state index contributed by atoms with van der Waals surface area (Å²) in [6, 6.07) is 1.37. The Morgan fingerprint density at radius 2 is 1.72 bits per heavy atom. The molecule has 5 nitrogen and oxygen atoms in total. The number of sulfone groups is 1. The van der Waals surface area contributed by atoms with Gasteiger partial charge in [-0.15, -0.1) is 0 Å². The number of alkyl halides is 3. The van der Waals surface area contributed by atoms with Crippen molar-refractivity contribution in [2.24, 2.45) is 0 Å². The second kappa shape index (κ2) is 8.16. The zero-order valence-electron chi connectivity index (χ0n) is 13.7. The van der Waals surface area contributed by atoms with Crippen LogP contribution in [0.25, 0.3) is 0 Å². The Kier molecular flexibility index (Phi) is 6.42. The molecule has 0 aliphatic heterocycles. The maximum atomic E-state index is 12.5. The van der Waals surface area contributed by atoms with E-state index < -0.39 is 38.3 Å². The lowest BCUT2D eigenvalue weighted by molar-refractivity contribution is -0.137. The van der Waals surface area contributed by atoms with Crippen molar-refractivity contribution in [1.29, 1.82) is 0 Å². The molecule has 0 unspecified atom stereocenters. The van der Waals surface area contributed by atoms with E-state index in [2.05, 4.69) is 10.3 Å². The first kappa shape index (κ1) is 19.7. The lowest BCUT2D eigenvalue weighted by Gasteiger charge is -2.21. The molecule has 1 saturated carbocycles. The molecule has 1 heterocycles. The number of nitrogens with one attached hydrogen (secondary N) is 1. The van der Waals surface area contributed by atoms with Gasteiger partial charge in [0, 0.05) is 12.2 Å². The van der Waals surface area contributed by atoms with E-state index in [1.54, 1.807) is 0 Å². The van der Waals surface area contributed by atoms with Crippen LogP contribution in [0.4, 0.5) is 13.2 Å². The molecule has 2 rings (SSSR count). The van der Waals surface area contributed by atoms with Crippen molar-refractivity contribution in [2.45, 2.75) is 62.2 Å². The molecule has 0 saturated heterocycles. The summed E-state index contributed by atoms with van der Waals surface area (Å²) in [5, 5.41) is 2.19. The third-order valence-electron chi connectivity index (χ3n) is 4.17. The van der Waals surface area contributed by atoms with E-state index in [-0.39, 0.29) is 6.04 Å². The van der Waals surface area contributed by atoms with Gasteiger partial charge in [-0.25, -0.2) is 13.4 Å². The van der Waals surface area contributed by atoms with Crippen LogP contribution in [0.1, 0.15) is 50.5 Å². The van der Waals surface area contributed by atoms with Crippen LogP contribution >= 0.6 is 0 Å². The normalized spacial score (nSPS) is 17.6. The Morgan fingerprint density at radius 3 is 2.24 bits per heavy atom. The minimum atomic E-state index is -4.59. The van der Waals surface area contributed by atoms with Crippen molar-refractivity contribution >= 4 is 15.7 Å². The first-order valence-electron chi connectivity index (χ1n) is 8.24. The van der Waals surface area contributed by atoms with Crippen LogP contribution in [-0.2, 0) is 20.8 Å². The largest absolute Gasteiger partial charge is 0.417 e. The Hall–Kier alpha value is -1.64. The third kappa shape index (κ3) is 5.98. The average molecular weight is 378 g/mol. The Bertz CT molecular complexity index is 680. The van der Waals surface area contributed by atoms with Gasteiger partial charge in [0.2, 0.25) is 15.7 Å². The number of hydrogen-bond donors (Lipinski definition) is 1. The smallest absolute Gasteiger partial charge is 0.352 e. The van der Waals surface area contributed by atoms with Gasteiger partial charge >= 0.3 is 6.18 Å². The predicted octanol–water partition coefficient (Wildman–Crippen LogP) is 3.10. The summed E-state index contributed by atoms with van der Waals surface area (Å²) in [5.41, 5.74) is -1.04. The van der Waals surface area contributed by atoms with Gasteiger partial charge in [0.25, 0.3) is 0 Å². The highest BCUT2D eigenvalue weighted by Crippen LogP contribution is 2.28. The van der Waals surface area contributed by atoms with Crippen LogP contribution in [-0.4, -0.2) is 31.1 Å². The molecule has 1 aromatic heterocycles. The average Bonchev–Trinajstić information content (AvgIpc) is 2.48. The molecule has 0 radical (unpaired) electrons. The fourth-order valence-electron chi connectivity index (χ4n) is 2.85. The van der Waals surface area contributed by atoms with E-state index >= 15 is 0 Å². The quantitative estimate of drug-likeness (QED) is 0.874. The zero-order chi connectivity index (χ0) is 18.5. The van der Waals surface area contributed by atoms with E-state index in [9.17, 15) is 26.4 Å². The highest BCUT2D eigenvalue weighted by molar-refractivity contribution is 7.92. The van der Waals surface area contributed by atoms with Crippen LogP contribution in [0.2, 0.25) is 0 Å². The van der Waals surface area contributed by atoms with Crippen LogP contribution in [0.5, 0.6) is 0 Å². The maximum absolute atomic E-state index is 12.5. The van der Waals surface area contributed by atoms with E-state index in [0.29, 0.717) is 12.3 Å². The minimum absolute atomic E-state index is 0.0523. The van der Waals surface area contributed by atoms with Crippen LogP contribution in [0, 0.1) is 0 Å². The Balaban J connectivity index is 1.98. The number of pyridine rings is 1. The molecule has 1 aliphatic rings. The number of carbonyl (C=O) groups is 1. The number of rotatable bonds is 4. The molecule has 1 fully saturated rings. The molecule has 9 heteroatoms. The summed E-state index contributed by atoms with van der Waals surface area (Å²) in [6.45, 7) is 0. The molecule has 0 atom stereocenters. The maximum Gasteiger partial charge on any atom is 0.417 e. The van der Waals surface area contributed by atoms with Gasteiger partial charge in [-0.05, 0) is 25.0 Å². The van der Waals surface area contributed by atoms with Crippen molar-refractivity contribution in [2.75, 3.05) is 5.75 Å². The summed E-state index contributed by atoms with van der Waals surface area (Å²) >= 11 is 0. The fourth-order valence-corrected chi connectivity index (χ4v) is 3.91. The highest BCUT2D eigenvalue weighted by atomic mass is 32.2. The highest BCUT2D eigenvalue weighted by Gasteiger charge is 2.31. The lowest BCUT2D eigenvalue weighted by atomic mass is 9.97. The van der Waals surface area contributed by atoms with Crippen molar-refractivity contribution in [3.05, 3.63) is 23.9 Å². The van der Waals surface area contributed by atoms with E-state index in [4.69, 9.17) is 0 Å². The third-order valence-corrected chi connectivity index (χ3v) is 5.69. The molecular formula is C16H21F3N2O3S. The molecular weight excluding hydrogens is 357 g/mol. The summed E-state index contributed by atoms with van der Waals surface area (Å²) in [6.07, 6.45) is 2.82.